The maximum atomic E-state index is 15.1. The van der Waals surface area contributed by atoms with E-state index in [-0.39, 0.29) is 41.5 Å². The molecule has 1 saturated heterocycles. The van der Waals surface area contributed by atoms with Crippen LogP contribution in [0.3, 0.4) is 0 Å². The maximum absolute atomic E-state index is 15.1. The highest BCUT2D eigenvalue weighted by Gasteiger charge is 2.37. The summed E-state index contributed by atoms with van der Waals surface area (Å²) >= 11 is 1.17. The molecule has 0 bridgehead atoms. The minimum Gasteiger partial charge on any atom is -0.366 e. The molecule has 0 aliphatic carbocycles. The lowest BCUT2D eigenvalue weighted by molar-refractivity contribution is -0.339. The van der Waals surface area contributed by atoms with Crippen molar-refractivity contribution in [1.82, 2.24) is 23.7 Å². The van der Waals surface area contributed by atoms with Crippen LogP contribution in [-0.2, 0) is 23.6 Å². The van der Waals surface area contributed by atoms with Crippen LogP contribution in [-0.4, -0.2) is 55.1 Å². The summed E-state index contributed by atoms with van der Waals surface area (Å²) in [5.41, 5.74) is 0.135. The Morgan fingerprint density at radius 1 is 1.22 bits per heavy atom. The van der Waals surface area contributed by atoms with Gasteiger partial charge in [-0.05, 0) is 32.4 Å². The second-order valence-electron chi connectivity index (χ2n) is 9.71. The van der Waals surface area contributed by atoms with Crippen molar-refractivity contribution >= 4 is 39.2 Å². The second-order valence-corrected chi connectivity index (χ2v) is 10.9. The number of imidazole rings is 1. The van der Waals surface area contributed by atoms with Gasteiger partial charge in [0.15, 0.2) is 16.3 Å². The minimum atomic E-state index is -4.75. The Hall–Kier alpha value is -4.05. The molecule has 0 saturated carbocycles. The second kappa shape index (κ2) is 10.4. The molecule has 5 rings (SSSR count). The number of benzene rings is 1. The van der Waals surface area contributed by atoms with Crippen molar-refractivity contribution < 1.29 is 27.1 Å². The first-order valence-electron chi connectivity index (χ1n) is 12.5. The van der Waals surface area contributed by atoms with Crippen molar-refractivity contribution in [2.45, 2.75) is 38.8 Å². The van der Waals surface area contributed by atoms with Crippen LogP contribution in [0.2, 0.25) is 0 Å². The van der Waals surface area contributed by atoms with E-state index in [1.165, 1.54) is 57.9 Å². The topological polar surface area (TPSA) is 116 Å². The van der Waals surface area contributed by atoms with E-state index < -0.39 is 41.5 Å². The monoisotopic (exact) mass is 595 g/mol. The van der Waals surface area contributed by atoms with Crippen molar-refractivity contribution in [3.8, 4) is 11.3 Å². The smallest absolute Gasteiger partial charge is 0.366 e. The van der Waals surface area contributed by atoms with E-state index in [0.29, 0.717) is 16.1 Å². The highest BCUT2D eigenvalue weighted by molar-refractivity contribution is 7.16. The van der Waals surface area contributed by atoms with E-state index in [0.717, 1.165) is 4.57 Å². The fourth-order valence-corrected chi connectivity index (χ4v) is 5.69. The number of nitrogens with one attached hydrogen (secondary N) is 1. The fourth-order valence-electron chi connectivity index (χ4n) is 4.85. The van der Waals surface area contributed by atoms with Gasteiger partial charge in [-0.2, -0.15) is 0 Å². The Bertz CT molecular complexity index is 1770. The van der Waals surface area contributed by atoms with Crippen LogP contribution in [0.1, 0.15) is 24.3 Å². The van der Waals surface area contributed by atoms with Gasteiger partial charge < -0.3 is 14.8 Å². The molecule has 1 aliphatic heterocycles. The molecule has 16 heteroatoms. The lowest BCUT2D eigenvalue weighted by Crippen LogP contribution is -2.38. The zero-order valence-electron chi connectivity index (χ0n) is 22.3. The Balaban J connectivity index is 1.33. The van der Waals surface area contributed by atoms with E-state index in [1.54, 1.807) is 19.9 Å². The molecule has 2 unspecified atom stereocenters. The third kappa shape index (κ3) is 5.36. The van der Waals surface area contributed by atoms with Gasteiger partial charge in [0, 0.05) is 37.6 Å². The van der Waals surface area contributed by atoms with Gasteiger partial charge in [-0.15, -0.1) is 24.5 Å². The van der Waals surface area contributed by atoms with Crippen LogP contribution in [0.15, 0.2) is 34.1 Å². The number of nitrogens with zero attached hydrogens (tertiary/aromatic N) is 6. The molecule has 11 nitrogen and oxygen atoms in total. The molecule has 3 aromatic heterocycles. The highest BCUT2D eigenvalue weighted by atomic mass is 32.1. The quantitative estimate of drug-likeness (QED) is 0.340. The van der Waals surface area contributed by atoms with Gasteiger partial charge in [0.2, 0.25) is 5.91 Å². The predicted molar refractivity (Wildman–Crippen MR) is 144 cm³/mol. The van der Waals surface area contributed by atoms with Gasteiger partial charge in [0.05, 0.1) is 23.8 Å². The van der Waals surface area contributed by atoms with Gasteiger partial charge in [0.1, 0.15) is 11.9 Å². The van der Waals surface area contributed by atoms with Crippen molar-refractivity contribution in [3.05, 3.63) is 56.1 Å². The normalized spacial score (nSPS) is 16.5. The standard InChI is InChI=1S/C25H25F4N7O4S/c1-12(36-11-30-20-19(36)22(38)34(4)24(39)33(20)3)21(37)32-23-31-18(13(2)41-23)14-5-6-17(16(26)9-14)35-8-7-15(10-35)40-25(27,28)29/h5-6,9,11-12,15H,7-8,10H2,1-4H3,(H,31,32,37). The molecule has 41 heavy (non-hydrogen) atoms. The van der Waals surface area contributed by atoms with Crippen LogP contribution < -0.4 is 21.5 Å². The summed E-state index contributed by atoms with van der Waals surface area (Å²) < 4.78 is 60.3. The number of rotatable bonds is 6. The Morgan fingerprint density at radius 2 is 1.95 bits per heavy atom. The molecule has 1 fully saturated rings. The number of aromatic nitrogens is 5. The van der Waals surface area contributed by atoms with Crippen molar-refractivity contribution in [2.75, 3.05) is 23.3 Å². The number of ether oxygens (including phenoxy) is 1. The highest BCUT2D eigenvalue weighted by Crippen LogP contribution is 2.35. The molecule has 4 aromatic rings. The zero-order chi connectivity index (χ0) is 29.8. The summed E-state index contributed by atoms with van der Waals surface area (Å²) in [5, 5.41) is 2.96. The maximum Gasteiger partial charge on any atom is 0.522 e. The Morgan fingerprint density at radius 3 is 2.63 bits per heavy atom. The summed E-state index contributed by atoms with van der Waals surface area (Å²) in [7, 11) is 2.82. The van der Waals surface area contributed by atoms with Gasteiger partial charge in [-0.3, -0.25) is 23.5 Å². The third-order valence-electron chi connectivity index (χ3n) is 7.00. The summed E-state index contributed by atoms with van der Waals surface area (Å²) in [6.45, 7) is 3.45. The van der Waals surface area contributed by atoms with Gasteiger partial charge in [-0.25, -0.2) is 19.2 Å². The molecule has 1 amide bonds. The lowest BCUT2D eigenvalue weighted by atomic mass is 10.1. The number of thiazole rings is 1. The summed E-state index contributed by atoms with van der Waals surface area (Å²) in [4.78, 5) is 48.8. The van der Waals surface area contributed by atoms with Crippen molar-refractivity contribution in [1.29, 1.82) is 0 Å². The number of hydrogen-bond acceptors (Lipinski definition) is 8. The number of amides is 1. The molecule has 1 aliphatic rings. The fraction of sp³-hybridized carbons (Fsp3) is 0.400. The Labute approximate surface area is 233 Å². The van der Waals surface area contributed by atoms with E-state index in [9.17, 15) is 27.6 Å². The molecule has 1 N–H and O–H groups in total. The van der Waals surface area contributed by atoms with Crippen LogP contribution in [0.5, 0.6) is 0 Å². The van der Waals surface area contributed by atoms with Crippen molar-refractivity contribution in [2.24, 2.45) is 14.1 Å². The molecule has 1 aromatic carbocycles. The summed E-state index contributed by atoms with van der Waals surface area (Å²) in [6.07, 6.45) is -4.39. The van der Waals surface area contributed by atoms with Gasteiger partial charge in [-0.1, -0.05) is 6.07 Å². The molecule has 0 radical (unpaired) electrons. The van der Waals surface area contributed by atoms with E-state index >= 15 is 4.39 Å². The van der Waals surface area contributed by atoms with E-state index in [1.807, 2.05) is 0 Å². The first-order valence-corrected chi connectivity index (χ1v) is 13.3. The first kappa shape index (κ1) is 28.5. The van der Waals surface area contributed by atoms with E-state index in [2.05, 4.69) is 20.0 Å². The number of halogens is 4. The third-order valence-corrected chi connectivity index (χ3v) is 7.89. The molecule has 4 heterocycles. The number of anilines is 2. The van der Waals surface area contributed by atoms with Crippen LogP contribution >= 0.6 is 11.3 Å². The lowest BCUT2D eigenvalue weighted by Gasteiger charge is -2.20. The predicted octanol–water partition coefficient (Wildman–Crippen LogP) is 3.32. The summed E-state index contributed by atoms with van der Waals surface area (Å²) in [5.74, 6) is -1.11. The molecule has 218 valence electrons. The minimum absolute atomic E-state index is 0.0888. The molecule has 2 atom stereocenters. The average Bonchev–Trinajstić information content (AvgIpc) is 3.63. The van der Waals surface area contributed by atoms with Crippen molar-refractivity contribution in [3.63, 3.8) is 0 Å². The number of fused-ring (bicyclic) bond motifs is 1. The summed E-state index contributed by atoms with van der Waals surface area (Å²) in [6, 6.07) is 3.46. The Kier molecular flexibility index (Phi) is 7.23. The number of aryl methyl sites for hydroxylation is 2. The van der Waals surface area contributed by atoms with Gasteiger partial charge >= 0.3 is 12.1 Å². The van der Waals surface area contributed by atoms with Crippen LogP contribution in [0.4, 0.5) is 28.4 Å². The number of hydrogen-bond donors (Lipinski definition) is 1. The van der Waals surface area contributed by atoms with Crippen LogP contribution in [0, 0.1) is 12.7 Å². The molecule has 0 spiro atoms. The SMILES string of the molecule is Cc1sc(NC(=O)C(C)n2cnc3c2c(=O)n(C)c(=O)n3C)nc1-c1ccc(N2CCC(OC(F)(F)F)C2)c(F)c1. The van der Waals surface area contributed by atoms with Gasteiger partial charge in [0.25, 0.3) is 5.56 Å². The zero-order valence-corrected chi connectivity index (χ0v) is 23.1. The molecular formula is C25H25F4N7O4S. The number of carbonyl (C=O) groups is 1. The first-order chi connectivity index (χ1) is 19.2. The number of carbonyl (C=O) groups excluding carboxylic acids is 1. The molecular weight excluding hydrogens is 570 g/mol. The largest absolute Gasteiger partial charge is 0.522 e. The number of alkyl halides is 3. The van der Waals surface area contributed by atoms with Crippen LogP contribution in [0.25, 0.3) is 22.4 Å². The van der Waals surface area contributed by atoms with E-state index in [4.69, 9.17) is 0 Å². The average molecular weight is 596 g/mol.